The molecule has 0 saturated heterocycles. The summed E-state index contributed by atoms with van der Waals surface area (Å²) in [5.41, 5.74) is 8.59. The predicted molar refractivity (Wildman–Crippen MR) is 85.7 cm³/mol. The largest absolute Gasteiger partial charge is 0.481 e. The molecule has 0 aromatic heterocycles. The molecule has 120 valence electrons. The van der Waals surface area contributed by atoms with E-state index in [1.807, 2.05) is 54.6 Å². The summed E-state index contributed by atoms with van der Waals surface area (Å²) in [6.45, 7) is 0.0785. The van der Waals surface area contributed by atoms with Crippen molar-refractivity contribution in [3.8, 4) is 0 Å². The standard InChI is InChI=1S/C18H19NO4/c19-16(11-17(20)21)18(22)23-12-15-9-5-4-8-14(15)10-13-6-2-1-3-7-13/h1-9,16H,10-12,19H2,(H,20,21)/t16-/m0/s1. The Hall–Kier alpha value is -2.66. The van der Waals surface area contributed by atoms with Gasteiger partial charge in [-0.25, -0.2) is 0 Å². The Morgan fingerprint density at radius 2 is 1.61 bits per heavy atom. The van der Waals surface area contributed by atoms with Crippen molar-refractivity contribution in [1.82, 2.24) is 0 Å². The van der Waals surface area contributed by atoms with Crippen LogP contribution in [0.1, 0.15) is 23.1 Å². The fraction of sp³-hybridized carbons (Fsp3) is 0.222. The van der Waals surface area contributed by atoms with Crippen molar-refractivity contribution in [2.24, 2.45) is 5.73 Å². The van der Waals surface area contributed by atoms with Crippen molar-refractivity contribution in [2.75, 3.05) is 0 Å². The molecule has 0 fully saturated rings. The Labute approximate surface area is 134 Å². The molecule has 2 aromatic carbocycles. The lowest BCUT2D eigenvalue weighted by Gasteiger charge is -2.12. The fourth-order valence-corrected chi connectivity index (χ4v) is 2.21. The van der Waals surface area contributed by atoms with Crippen LogP contribution in [-0.4, -0.2) is 23.1 Å². The average Bonchev–Trinajstić information content (AvgIpc) is 2.54. The molecule has 5 heteroatoms. The molecular formula is C18H19NO4. The van der Waals surface area contributed by atoms with Gasteiger partial charge in [0.05, 0.1) is 6.42 Å². The topological polar surface area (TPSA) is 89.6 Å². The van der Waals surface area contributed by atoms with Crippen LogP contribution in [-0.2, 0) is 27.4 Å². The third-order valence-electron chi connectivity index (χ3n) is 3.42. The Kier molecular flexibility index (Phi) is 5.88. The predicted octanol–water partition coefficient (Wildman–Crippen LogP) is 2.12. The lowest BCUT2D eigenvalue weighted by atomic mass is 10.0. The summed E-state index contributed by atoms with van der Waals surface area (Å²) in [4.78, 5) is 22.3. The Bertz CT molecular complexity index is 670. The van der Waals surface area contributed by atoms with Gasteiger partial charge in [-0.05, 0) is 23.1 Å². The van der Waals surface area contributed by atoms with E-state index >= 15 is 0 Å². The van der Waals surface area contributed by atoms with Crippen LogP contribution in [0.2, 0.25) is 0 Å². The lowest BCUT2D eigenvalue weighted by Crippen LogP contribution is -2.34. The van der Waals surface area contributed by atoms with E-state index in [1.54, 1.807) is 0 Å². The monoisotopic (exact) mass is 313 g/mol. The van der Waals surface area contributed by atoms with Crippen molar-refractivity contribution in [3.63, 3.8) is 0 Å². The minimum absolute atomic E-state index is 0.0785. The second kappa shape index (κ2) is 8.10. The van der Waals surface area contributed by atoms with E-state index in [9.17, 15) is 9.59 Å². The summed E-state index contributed by atoms with van der Waals surface area (Å²) in [6, 6.07) is 16.5. The summed E-state index contributed by atoms with van der Waals surface area (Å²) in [5.74, 6) is -1.83. The maximum absolute atomic E-state index is 11.7. The smallest absolute Gasteiger partial charge is 0.323 e. The number of carboxylic acids is 1. The summed E-state index contributed by atoms with van der Waals surface area (Å²) < 4.78 is 5.14. The maximum atomic E-state index is 11.7. The molecule has 5 nitrogen and oxygen atoms in total. The number of benzene rings is 2. The molecule has 0 aliphatic carbocycles. The van der Waals surface area contributed by atoms with Crippen LogP contribution in [0.5, 0.6) is 0 Å². The number of esters is 1. The number of carbonyl (C=O) groups is 2. The fourth-order valence-electron chi connectivity index (χ4n) is 2.21. The summed E-state index contributed by atoms with van der Waals surface area (Å²) in [5, 5.41) is 8.64. The van der Waals surface area contributed by atoms with E-state index in [0.29, 0.717) is 0 Å². The quantitative estimate of drug-likeness (QED) is 0.764. The normalized spacial score (nSPS) is 11.7. The van der Waals surface area contributed by atoms with E-state index in [0.717, 1.165) is 23.1 Å². The molecular weight excluding hydrogens is 294 g/mol. The third kappa shape index (κ3) is 5.23. The first-order valence-corrected chi connectivity index (χ1v) is 7.31. The minimum Gasteiger partial charge on any atom is -0.481 e. The van der Waals surface area contributed by atoms with Gasteiger partial charge in [0.2, 0.25) is 0 Å². The summed E-state index contributed by atoms with van der Waals surface area (Å²) in [7, 11) is 0. The maximum Gasteiger partial charge on any atom is 0.323 e. The average molecular weight is 313 g/mol. The molecule has 0 aliphatic heterocycles. The van der Waals surface area contributed by atoms with Gasteiger partial charge >= 0.3 is 11.9 Å². The number of aliphatic carboxylic acids is 1. The van der Waals surface area contributed by atoms with E-state index in [1.165, 1.54) is 0 Å². The SMILES string of the molecule is N[C@@H](CC(=O)O)C(=O)OCc1ccccc1Cc1ccccc1. The van der Waals surface area contributed by atoms with Gasteiger partial charge in [-0.1, -0.05) is 54.6 Å². The van der Waals surface area contributed by atoms with Crippen molar-refractivity contribution in [1.29, 1.82) is 0 Å². The third-order valence-corrected chi connectivity index (χ3v) is 3.42. The number of nitrogens with two attached hydrogens (primary N) is 1. The Morgan fingerprint density at radius 3 is 2.26 bits per heavy atom. The van der Waals surface area contributed by atoms with Crippen LogP contribution >= 0.6 is 0 Å². The van der Waals surface area contributed by atoms with Gasteiger partial charge in [0, 0.05) is 0 Å². The number of hydrogen-bond acceptors (Lipinski definition) is 4. The number of rotatable bonds is 7. The first kappa shape index (κ1) is 16.7. The molecule has 1 atom stereocenters. The zero-order chi connectivity index (χ0) is 16.7. The van der Waals surface area contributed by atoms with Crippen molar-refractivity contribution in [2.45, 2.75) is 25.5 Å². The van der Waals surface area contributed by atoms with Gasteiger partial charge in [-0.3, -0.25) is 9.59 Å². The lowest BCUT2D eigenvalue weighted by molar-refractivity contribution is -0.150. The zero-order valence-electron chi connectivity index (χ0n) is 12.6. The van der Waals surface area contributed by atoms with Crippen LogP contribution in [0.15, 0.2) is 54.6 Å². The van der Waals surface area contributed by atoms with E-state index in [-0.39, 0.29) is 6.61 Å². The summed E-state index contributed by atoms with van der Waals surface area (Å²) >= 11 is 0. The van der Waals surface area contributed by atoms with Crippen LogP contribution in [0, 0.1) is 0 Å². The number of carboxylic acid groups (broad SMARTS) is 1. The van der Waals surface area contributed by atoms with E-state index in [4.69, 9.17) is 15.6 Å². The second-order valence-electron chi connectivity index (χ2n) is 5.24. The van der Waals surface area contributed by atoms with Crippen LogP contribution in [0.25, 0.3) is 0 Å². The molecule has 3 N–H and O–H groups in total. The van der Waals surface area contributed by atoms with Gasteiger partial charge in [-0.2, -0.15) is 0 Å². The zero-order valence-corrected chi connectivity index (χ0v) is 12.6. The van der Waals surface area contributed by atoms with Crippen LogP contribution in [0.3, 0.4) is 0 Å². The van der Waals surface area contributed by atoms with Crippen LogP contribution < -0.4 is 5.73 Å². The first-order valence-electron chi connectivity index (χ1n) is 7.31. The highest BCUT2D eigenvalue weighted by Crippen LogP contribution is 2.15. The van der Waals surface area contributed by atoms with Crippen molar-refractivity contribution < 1.29 is 19.4 Å². The molecule has 0 heterocycles. The van der Waals surface area contributed by atoms with Crippen LogP contribution in [0.4, 0.5) is 0 Å². The molecule has 23 heavy (non-hydrogen) atoms. The van der Waals surface area contributed by atoms with E-state index in [2.05, 4.69) is 0 Å². The molecule has 0 saturated carbocycles. The molecule has 0 radical (unpaired) electrons. The van der Waals surface area contributed by atoms with E-state index < -0.39 is 24.4 Å². The van der Waals surface area contributed by atoms with Crippen molar-refractivity contribution in [3.05, 3.63) is 71.3 Å². The molecule has 2 aromatic rings. The van der Waals surface area contributed by atoms with Gasteiger partial charge in [0.15, 0.2) is 0 Å². The Morgan fingerprint density at radius 1 is 1.00 bits per heavy atom. The molecule has 0 spiro atoms. The minimum atomic E-state index is -1.14. The highest BCUT2D eigenvalue weighted by Gasteiger charge is 2.18. The second-order valence-corrected chi connectivity index (χ2v) is 5.24. The van der Waals surface area contributed by atoms with Gasteiger partial charge in [-0.15, -0.1) is 0 Å². The highest BCUT2D eigenvalue weighted by molar-refractivity contribution is 5.81. The number of carbonyl (C=O) groups excluding carboxylic acids is 1. The first-order chi connectivity index (χ1) is 11.1. The van der Waals surface area contributed by atoms with Gasteiger partial charge in [0.25, 0.3) is 0 Å². The van der Waals surface area contributed by atoms with Gasteiger partial charge in [0.1, 0.15) is 12.6 Å². The van der Waals surface area contributed by atoms with Crippen molar-refractivity contribution >= 4 is 11.9 Å². The van der Waals surface area contributed by atoms with Gasteiger partial charge < -0.3 is 15.6 Å². The molecule has 0 amide bonds. The number of hydrogen-bond donors (Lipinski definition) is 2. The Balaban J connectivity index is 2.00. The highest BCUT2D eigenvalue weighted by atomic mass is 16.5. The molecule has 2 rings (SSSR count). The molecule has 0 aliphatic rings. The molecule has 0 unspecified atom stereocenters. The summed E-state index contributed by atoms with van der Waals surface area (Å²) in [6.07, 6.45) is 0.292. The number of ether oxygens (including phenoxy) is 1. The molecule has 0 bridgehead atoms.